The molecule has 0 aromatic rings. The van der Waals surface area contributed by atoms with Crippen molar-refractivity contribution >= 4 is 0 Å². The van der Waals surface area contributed by atoms with Gasteiger partial charge in [0, 0.05) is 0 Å². The molecule has 1 rings (SSSR count). The summed E-state index contributed by atoms with van der Waals surface area (Å²) in [5.74, 6) is 0. The van der Waals surface area contributed by atoms with Gasteiger partial charge in [-0.2, -0.15) is 0 Å². The molecule has 60 valence electrons. The molecule has 0 bridgehead atoms. The summed E-state index contributed by atoms with van der Waals surface area (Å²) in [6.07, 6.45) is 0.227. The van der Waals surface area contributed by atoms with Crippen molar-refractivity contribution in [3.63, 3.8) is 0 Å². The molecule has 0 radical (unpaired) electrons. The molecule has 0 spiro atoms. The molecular formula is C8H16O2. The summed E-state index contributed by atoms with van der Waals surface area (Å²) in [7, 11) is 0. The maximum atomic E-state index is 8.87. The van der Waals surface area contributed by atoms with Crippen LogP contribution in [0.15, 0.2) is 0 Å². The van der Waals surface area contributed by atoms with Crippen LogP contribution in [-0.4, -0.2) is 23.4 Å². The summed E-state index contributed by atoms with van der Waals surface area (Å²) in [4.78, 5) is 0. The van der Waals surface area contributed by atoms with Crippen molar-refractivity contribution < 1.29 is 9.84 Å². The van der Waals surface area contributed by atoms with E-state index in [1.165, 1.54) is 0 Å². The average Bonchev–Trinajstić information content (AvgIpc) is 2.43. The van der Waals surface area contributed by atoms with Gasteiger partial charge in [-0.15, -0.1) is 0 Å². The van der Waals surface area contributed by atoms with Gasteiger partial charge in [-0.1, -0.05) is 20.8 Å². The Morgan fingerprint density at radius 2 is 2.00 bits per heavy atom. The van der Waals surface area contributed by atoms with Crippen LogP contribution in [0.1, 0.15) is 27.7 Å². The van der Waals surface area contributed by atoms with Crippen LogP contribution in [0.2, 0.25) is 0 Å². The second-order valence-electron chi connectivity index (χ2n) is 4.33. The molecule has 2 nitrogen and oxygen atoms in total. The summed E-state index contributed by atoms with van der Waals surface area (Å²) in [6.45, 7) is 8.45. The zero-order valence-corrected chi connectivity index (χ0v) is 7.14. The van der Waals surface area contributed by atoms with Crippen LogP contribution >= 0.6 is 0 Å². The molecule has 0 aliphatic carbocycles. The van der Waals surface area contributed by atoms with Gasteiger partial charge in [0.25, 0.3) is 0 Å². The molecule has 10 heavy (non-hydrogen) atoms. The Kier molecular flexibility index (Phi) is 1.57. The first kappa shape index (κ1) is 8.02. The van der Waals surface area contributed by atoms with Crippen LogP contribution < -0.4 is 0 Å². The summed E-state index contributed by atoms with van der Waals surface area (Å²) in [5, 5.41) is 8.87. The molecule has 2 heteroatoms. The van der Waals surface area contributed by atoms with E-state index in [9.17, 15) is 0 Å². The number of hydrogen-bond donors (Lipinski definition) is 1. The van der Waals surface area contributed by atoms with E-state index < -0.39 is 0 Å². The second kappa shape index (κ2) is 1.95. The predicted molar refractivity (Wildman–Crippen MR) is 39.8 cm³/mol. The molecule has 0 aromatic carbocycles. The molecule has 1 saturated heterocycles. The van der Waals surface area contributed by atoms with Gasteiger partial charge in [0.15, 0.2) is 0 Å². The van der Waals surface area contributed by atoms with Gasteiger partial charge in [0.2, 0.25) is 0 Å². The lowest BCUT2D eigenvalue weighted by molar-refractivity contribution is 0.182. The lowest BCUT2D eigenvalue weighted by atomic mass is 9.86. The number of aliphatic hydroxyl groups excluding tert-OH is 1. The minimum Gasteiger partial charge on any atom is -0.393 e. The zero-order chi connectivity index (χ0) is 7.99. The van der Waals surface area contributed by atoms with Crippen LogP contribution in [0.25, 0.3) is 0 Å². The molecule has 1 N–H and O–H groups in total. The van der Waals surface area contributed by atoms with E-state index in [0.29, 0.717) is 0 Å². The van der Waals surface area contributed by atoms with Crippen molar-refractivity contribution in [2.75, 3.05) is 6.61 Å². The number of hydrogen-bond acceptors (Lipinski definition) is 2. The van der Waals surface area contributed by atoms with Gasteiger partial charge in [-0.3, -0.25) is 0 Å². The normalized spacial score (nSPS) is 39.9. The van der Waals surface area contributed by atoms with Gasteiger partial charge in [0.05, 0.1) is 12.7 Å². The molecular weight excluding hydrogens is 128 g/mol. The molecule has 1 heterocycles. The van der Waals surface area contributed by atoms with Gasteiger partial charge in [0.1, 0.15) is 5.60 Å². The largest absolute Gasteiger partial charge is 0.393 e. The Bertz CT molecular complexity index is 137. The summed E-state index contributed by atoms with van der Waals surface area (Å²) < 4.78 is 5.37. The molecule has 2 unspecified atom stereocenters. The number of epoxide rings is 1. The van der Waals surface area contributed by atoms with Crippen LogP contribution in [0.3, 0.4) is 0 Å². The Morgan fingerprint density at radius 1 is 1.50 bits per heavy atom. The number of ether oxygens (including phenoxy) is 1. The van der Waals surface area contributed by atoms with Crippen molar-refractivity contribution in [3.05, 3.63) is 0 Å². The van der Waals surface area contributed by atoms with Crippen LogP contribution in [0, 0.1) is 5.41 Å². The Hall–Kier alpha value is -0.0800. The van der Waals surface area contributed by atoms with Gasteiger partial charge < -0.3 is 9.84 Å². The fraction of sp³-hybridized carbons (Fsp3) is 1.00. The van der Waals surface area contributed by atoms with Gasteiger partial charge in [-0.25, -0.2) is 0 Å². The smallest absolute Gasteiger partial charge is 0.115 e. The first-order valence-corrected chi connectivity index (χ1v) is 3.69. The van der Waals surface area contributed by atoms with Crippen LogP contribution in [0.5, 0.6) is 0 Å². The van der Waals surface area contributed by atoms with Crippen molar-refractivity contribution in [1.82, 2.24) is 0 Å². The first-order valence-electron chi connectivity index (χ1n) is 3.69. The van der Waals surface area contributed by atoms with Crippen molar-refractivity contribution in [2.45, 2.75) is 39.4 Å². The Labute approximate surface area is 62.2 Å². The Morgan fingerprint density at radius 3 is 2.10 bits per heavy atom. The third-order valence-electron chi connectivity index (χ3n) is 1.98. The van der Waals surface area contributed by atoms with E-state index in [1.807, 2.05) is 6.92 Å². The van der Waals surface area contributed by atoms with E-state index >= 15 is 0 Å². The summed E-state index contributed by atoms with van der Waals surface area (Å²) >= 11 is 0. The maximum Gasteiger partial charge on any atom is 0.115 e. The molecule has 1 fully saturated rings. The average molecular weight is 144 g/mol. The number of rotatable bonds is 1. The Balaban J connectivity index is 2.52. The van der Waals surface area contributed by atoms with E-state index in [4.69, 9.17) is 9.84 Å². The molecule has 0 amide bonds. The third kappa shape index (κ3) is 1.18. The van der Waals surface area contributed by atoms with Crippen molar-refractivity contribution in [1.29, 1.82) is 0 Å². The van der Waals surface area contributed by atoms with E-state index in [0.717, 1.165) is 0 Å². The van der Waals surface area contributed by atoms with Gasteiger partial charge >= 0.3 is 0 Å². The lowest BCUT2D eigenvalue weighted by Crippen LogP contribution is -2.24. The molecule has 0 aromatic heterocycles. The molecule has 0 saturated carbocycles. The highest BCUT2D eigenvalue weighted by Gasteiger charge is 2.57. The minimum absolute atomic E-state index is 0.134. The predicted octanol–water partition coefficient (Wildman–Crippen LogP) is 1.18. The maximum absolute atomic E-state index is 8.87. The molecule has 2 atom stereocenters. The first-order chi connectivity index (χ1) is 4.40. The third-order valence-corrected chi connectivity index (χ3v) is 1.98. The van der Waals surface area contributed by atoms with Crippen molar-refractivity contribution in [2.24, 2.45) is 5.41 Å². The lowest BCUT2D eigenvalue weighted by Gasteiger charge is -2.16. The van der Waals surface area contributed by atoms with Gasteiger partial charge in [-0.05, 0) is 12.3 Å². The summed E-state index contributed by atoms with van der Waals surface area (Å²) in [5.41, 5.74) is -0.0876. The molecule has 1 aliphatic heterocycles. The van der Waals surface area contributed by atoms with E-state index in [2.05, 4.69) is 20.8 Å². The molecule has 1 aliphatic rings. The summed E-state index contributed by atoms with van der Waals surface area (Å²) in [6, 6.07) is 0. The van der Waals surface area contributed by atoms with E-state index in [1.54, 1.807) is 0 Å². The quantitative estimate of drug-likeness (QED) is 0.560. The fourth-order valence-electron chi connectivity index (χ4n) is 1.45. The zero-order valence-electron chi connectivity index (χ0n) is 7.14. The monoisotopic (exact) mass is 144 g/mol. The number of aliphatic hydroxyl groups is 1. The van der Waals surface area contributed by atoms with Crippen LogP contribution in [0.4, 0.5) is 0 Å². The fourth-order valence-corrected chi connectivity index (χ4v) is 1.45. The highest BCUT2D eigenvalue weighted by molar-refractivity contribution is 5.04. The topological polar surface area (TPSA) is 32.8 Å². The minimum atomic E-state index is -0.252. The second-order valence-corrected chi connectivity index (χ2v) is 4.33. The highest BCUT2D eigenvalue weighted by atomic mass is 16.6. The van der Waals surface area contributed by atoms with Crippen molar-refractivity contribution in [3.8, 4) is 0 Å². The SMILES string of the molecule is CC(C)(C)C1OC1(C)CO. The van der Waals surface area contributed by atoms with Crippen LogP contribution in [-0.2, 0) is 4.74 Å². The highest BCUT2D eigenvalue weighted by Crippen LogP contribution is 2.46. The standard InChI is InChI=1S/C8H16O2/c1-7(2,3)6-8(4,5-9)10-6/h6,9H,5H2,1-4H3. The van der Waals surface area contributed by atoms with E-state index in [-0.39, 0.29) is 23.7 Å².